The highest BCUT2D eigenvalue weighted by Crippen LogP contribution is 2.23. The lowest BCUT2D eigenvalue weighted by molar-refractivity contribution is -0.136. The van der Waals surface area contributed by atoms with Gasteiger partial charge in [-0.3, -0.25) is 0 Å². The summed E-state index contributed by atoms with van der Waals surface area (Å²) in [6, 6.07) is 6.00. The molecule has 1 aromatic carbocycles. The fourth-order valence-corrected chi connectivity index (χ4v) is 2.18. The van der Waals surface area contributed by atoms with E-state index in [0.717, 1.165) is 18.5 Å². The van der Waals surface area contributed by atoms with Gasteiger partial charge in [0.2, 0.25) is 0 Å². The van der Waals surface area contributed by atoms with Gasteiger partial charge in [0.25, 0.3) is 0 Å². The Kier molecular flexibility index (Phi) is 6.53. The smallest absolute Gasteiger partial charge is 0.314 e. The molecule has 1 nitrogen and oxygen atoms in total. The molecule has 114 valence electrons. The first-order valence-corrected chi connectivity index (χ1v) is 7.18. The molecule has 0 saturated carbocycles. The predicted octanol–water partition coefficient (Wildman–Crippen LogP) is 4.56. The van der Waals surface area contributed by atoms with E-state index in [4.69, 9.17) is 0 Å². The van der Waals surface area contributed by atoms with E-state index in [1.54, 1.807) is 0 Å². The van der Waals surface area contributed by atoms with E-state index in [1.165, 1.54) is 11.1 Å². The van der Waals surface area contributed by atoms with Crippen LogP contribution in [0, 0.1) is 13.8 Å². The zero-order valence-electron chi connectivity index (χ0n) is 12.5. The van der Waals surface area contributed by atoms with Crippen LogP contribution in [-0.4, -0.2) is 18.8 Å². The minimum atomic E-state index is -4.07. The van der Waals surface area contributed by atoms with Crippen molar-refractivity contribution in [3.05, 3.63) is 34.9 Å². The molecule has 4 heteroatoms. The number of halogens is 3. The quantitative estimate of drug-likeness (QED) is 0.775. The van der Waals surface area contributed by atoms with Gasteiger partial charge in [0.15, 0.2) is 0 Å². The Morgan fingerprint density at radius 3 is 2.40 bits per heavy atom. The average Bonchev–Trinajstić information content (AvgIpc) is 2.36. The second-order valence-electron chi connectivity index (χ2n) is 5.43. The molecule has 0 bridgehead atoms. The zero-order chi connectivity index (χ0) is 15.2. The summed E-state index contributed by atoms with van der Waals surface area (Å²) in [6.07, 6.45) is -3.09. The van der Waals surface area contributed by atoms with E-state index in [-0.39, 0.29) is 12.5 Å². The summed E-state index contributed by atoms with van der Waals surface area (Å²) >= 11 is 0. The first-order valence-electron chi connectivity index (χ1n) is 7.18. The molecule has 1 N–H and O–H groups in total. The molecule has 0 spiro atoms. The van der Waals surface area contributed by atoms with E-state index in [0.29, 0.717) is 6.42 Å². The maximum absolute atomic E-state index is 12.4. The van der Waals surface area contributed by atoms with Crippen LogP contribution in [-0.2, 0) is 6.42 Å². The van der Waals surface area contributed by atoms with Crippen molar-refractivity contribution in [3.8, 4) is 0 Å². The molecule has 0 radical (unpaired) electrons. The molecule has 20 heavy (non-hydrogen) atoms. The first-order chi connectivity index (χ1) is 9.31. The van der Waals surface area contributed by atoms with E-state index < -0.39 is 12.6 Å². The molecule has 0 amide bonds. The van der Waals surface area contributed by atoms with Gasteiger partial charge in [-0.05, 0) is 56.3 Å². The van der Waals surface area contributed by atoms with Crippen LogP contribution in [0.3, 0.4) is 0 Å². The Balaban J connectivity index is 2.65. The number of aryl methyl sites for hydroxylation is 2. The minimum Gasteiger partial charge on any atom is -0.314 e. The van der Waals surface area contributed by atoms with Crippen molar-refractivity contribution in [2.24, 2.45) is 0 Å². The highest BCUT2D eigenvalue weighted by molar-refractivity contribution is 5.30. The molecule has 0 aliphatic carbocycles. The Bertz CT molecular complexity index is 413. The third kappa shape index (κ3) is 6.42. The van der Waals surface area contributed by atoms with Gasteiger partial charge in [0, 0.05) is 12.5 Å². The van der Waals surface area contributed by atoms with Crippen LogP contribution in [0.4, 0.5) is 13.2 Å². The Morgan fingerprint density at radius 2 is 1.85 bits per heavy atom. The topological polar surface area (TPSA) is 12.0 Å². The van der Waals surface area contributed by atoms with Crippen molar-refractivity contribution in [3.63, 3.8) is 0 Å². The van der Waals surface area contributed by atoms with E-state index in [2.05, 4.69) is 11.4 Å². The molecule has 0 fully saturated rings. The minimum absolute atomic E-state index is 0.112. The van der Waals surface area contributed by atoms with Crippen LogP contribution < -0.4 is 5.32 Å². The predicted molar refractivity (Wildman–Crippen MR) is 77.0 cm³/mol. The Morgan fingerprint density at radius 1 is 1.15 bits per heavy atom. The lowest BCUT2D eigenvalue weighted by Crippen LogP contribution is -2.33. The summed E-state index contributed by atoms with van der Waals surface area (Å²) in [5.74, 6) is 0. The van der Waals surface area contributed by atoms with Gasteiger partial charge in [0.05, 0.1) is 0 Å². The number of nitrogens with one attached hydrogen (secondary N) is 1. The van der Waals surface area contributed by atoms with Crippen LogP contribution >= 0.6 is 0 Å². The van der Waals surface area contributed by atoms with Crippen molar-refractivity contribution < 1.29 is 13.2 Å². The van der Waals surface area contributed by atoms with Crippen LogP contribution in [0.2, 0.25) is 0 Å². The summed E-state index contributed by atoms with van der Waals surface area (Å²) < 4.78 is 37.1. The standard InChI is InChI=1S/C16H24F3N/c1-4-9-20-15(7-8-16(17,18)19)11-14-6-5-12(2)13(3)10-14/h5-6,10,15,20H,4,7-9,11H2,1-3H3. The van der Waals surface area contributed by atoms with E-state index in [1.807, 2.05) is 32.9 Å². The van der Waals surface area contributed by atoms with Crippen molar-refractivity contribution in [2.45, 2.75) is 58.7 Å². The second-order valence-corrected chi connectivity index (χ2v) is 5.43. The number of rotatable bonds is 7. The van der Waals surface area contributed by atoms with Crippen molar-refractivity contribution >= 4 is 0 Å². The largest absolute Gasteiger partial charge is 0.389 e. The molecule has 0 aromatic heterocycles. The van der Waals surface area contributed by atoms with Crippen molar-refractivity contribution in [1.29, 1.82) is 0 Å². The normalized spacial score (nSPS) is 13.5. The molecule has 1 aromatic rings. The van der Waals surface area contributed by atoms with Gasteiger partial charge >= 0.3 is 6.18 Å². The highest BCUT2D eigenvalue weighted by atomic mass is 19.4. The lowest BCUT2D eigenvalue weighted by atomic mass is 9.98. The van der Waals surface area contributed by atoms with Crippen LogP contribution in [0.15, 0.2) is 18.2 Å². The van der Waals surface area contributed by atoms with Gasteiger partial charge in [-0.15, -0.1) is 0 Å². The van der Waals surface area contributed by atoms with Crippen LogP contribution in [0.5, 0.6) is 0 Å². The summed E-state index contributed by atoms with van der Waals surface area (Å²) in [5, 5.41) is 3.22. The third-order valence-electron chi connectivity index (χ3n) is 3.51. The summed E-state index contributed by atoms with van der Waals surface area (Å²) in [7, 11) is 0. The number of alkyl halides is 3. The fraction of sp³-hybridized carbons (Fsp3) is 0.625. The summed E-state index contributed by atoms with van der Waals surface area (Å²) in [6.45, 7) is 6.84. The molecule has 0 saturated heterocycles. The maximum Gasteiger partial charge on any atom is 0.389 e. The van der Waals surface area contributed by atoms with E-state index >= 15 is 0 Å². The molecular weight excluding hydrogens is 263 g/mol. The SMILES string of the molecule is CCCNC(CCC(F)(F)F)Cc1ccc(C)c(C)c1. The molecule has 1 unspecified atom stereocenters. The molecule has 0 aliphatic rings. The summed E-state index contributed by atoms with van der Waals surface area (Å²) in [5.41, 5.74) is 3.50. The lowest BCUT2D eigenvalue weighted by Gasteiger charge is -2.20. The first kappa shape index (κ1) is 17.0. The van der Waals surface area contributed by atoms with Gasteiger partial charge in [0.1, 0.15) is 0 Å². The Hall–Kier alpha value is -1.03. The van der Waals surface area contributed by atoms with Crippen molar-refractivity contribution in [1.82, 2.24) is 5.32 Å². The van der Waals surface area contributed by atoms with Gasteiger partial charge in [-0.2, -0.15) is 13.2 Å². The molecule has 0 heterocycles. The van der Waals surface area contributed by atoms with Crippen molar-refractivity contribution in [2.75, 3.05) is 6.54 Å². The summed E-state index contributed by atoms with van der Waals surface area (Å²) in [4.78, 5) is 0. The molecule has 0 aliphatic heterocycles. The molecule has 1 atom stereocenters. The number of hydrogen-bond acceptors (Lipinski definition) is 1. The fourth-order valence-electron chi connectivity index (χ4n) is 2.18. The molecular formula is C16H24F3N. The third-order valence-corrected chi connectivity index (χ3v) is 3.51. The van der Waals surface area contributed by atoms with Gasteiger partial charge in [-0.25, -0.2) is 0 Å². The highest BCUT2D eigenvalue weighted by Gasteiger charge is 2.28. The average molecular weight is 287 g/mol. The van der Waals surface area contributed by atoms with Gasteiger partial charge < -0.3 is 5.32 Å². The number of benzene rings is 1. The van der Waals surface area contributed by atoms with Crippen LogP contribution in [0.25, 0.3) is 0 Å². The monoisotopic (exact) mass is 287 g/mol. The number of hydrogen-bond donors (Lipinski definition) is 1. The molecule has 1 rings (SSSR count). The Labute approximate surface area is 119 Å². The van der Waals surface area contributed by atoms with Gasteiger partial charge in [-0.1, -0.05) is 25.1 Å². The zero-order valence-corrected chi connectivity index (χ0v) is 12.5. The van der Waals surface area contributed by atoms with E-state index in [9.17, 15) is 13.2 Å². The maximum atomic E-state index is 12.4. The van der Waals surface area contributed by atoms with Crippen LogP contribution in [0.1, 0.15) is 42.9 Å². The second kappa shape index (κ2) is 7.67.